The molecule has 0 bridgehead atoms. The monoisotopic (exact) mass is 234 g/mol. The minimum atomic E-state index is -5.12. The third kappa shape index (κ3) is 18.2. The van der Waals surface area contributed by atoms with Gasteiger partial charge in [-0.25, -0.2) is 0 Å². The predicted octanol–water partition coefficient (Wildman–Crippen LogP) is -4.28. The molecule has 11 heteroatoms. The van der Waals surface area contributed by atoms with Crippen molar-refractivity contribution in [1.82, 2.24) is 0 Å². The van der Waals surface area contributed by atoms with Gasteiger partial charge in [0.05, 0.1) is 0 Å². The molecule has 0 atom stereocenters. The molecule has 0 aromatic carbocycles. The van der Waals surface area contributed by atoms with Crippen molar-refractivity contribution in [3.8, 4) is 0 Å². The van der Waals surface area contributed by atoms with Crippen LogP contribution in [0.2, 0.25) is 0 Å². The summed E-state index contributed by atoms with van der Waals surface area (Å²) in [7, 11) is -10.2. The molecule has 0 fully saturated rings. The van der Waals surface area contributed by atoms with E-state index in [0.29, 0.717) is 0 Å². The van der Waals surface area contributed by atoms with E-state index in [0.717, 1.165) is 0 Å². The van der Waals surface area contributed by atoms with E-state index in [-0.39, 0.29) is 42.0 Å². The third-order valence-corrected chi connectivity index (χ3v) is 1.55. The molecule has 0 aliphatic heterocycles. The SMILES string of the molecule is O=S(=O)(O)OS(=O)(=O)O.[H-].[Li+].[Ti]. The van der Waals surface area contributed by atoms with Gasteiger partial charge in [-0.3, -0.25) is 9.11 Å². The fourth-order valence-corrected chi connectivity index (χ4v) is 0.978. The van der Waals surface area contributed by atoms with E-state index in [9.17, 15) is 16.8 Å². The normalized spacial score (nSPS) is 11.1. The van der Waals surface area contributed by atoms with Gasteiger partial charge >= 0.3 is 39.7 Å². The van der Waals surface area contributed by atoms with Crippen LogP contribution in [0.15, 0.2) is 0 Å². The molecule has 0 aromatic rings. The van der Waals surface area contributed by atoms with E-state index in [1.165, 1.54) is 0 Å². The molecule has 0 aliphatic rings. The van der Waals surface area contributed by atoms with Crippen LogP contribution in [-0.2, 0) is 46.1 Å². The van der Waals surface area contributed by atoms with E-state index < -0.39 is 20.8 Å². The molecular weight excluding hydrogens is 231 g/mol. The van der Waals surface area contributed by atoms with Gasteiger partial charge in [0.25, 0.3) is 0 Å². The fourth-order valence-electron chi connectivity index (χ4n) is 0.109. The molecular formula is H3LiO7S2Ti. The Morgan fingerprint density at radius 1 is 1.00 bits per heavy atom. The molecule has 0 rings (SSSR count). The van der Waals surface area contributed by atoms with Crippen molar-refractivity contribution in [2.45, 2.75) is 0 Å². The van der Waals surface area contributed by atoms with Gasteiger partial charge in [-0.15, -0.1) is 3.63 Å². The van der Waals surface area contributed by atoms with Crippen molar-refractivity contribution in [1.29, 1.82) is 0 Å². The maximum atomic E-state index is 9.44. The Kier molecular flexibility index (Phi) is 9.31. The van der Waals surface area contributed by atoms with Gasteiger partial charge < -0.3 is 1.43 Å². The Balaban J connectivity index is -0.000000107. The number of hydrogen-bond acceptors (Lipinski definition) is 5. The van der Waals surface area contributed by atoms with Crippen LogP contribution in [0.1, 0.15) is 1.43 Å². The minimum Gasteiger partial charge on any atom is -1.00 e. The molecule has 0 aromatic heterocycles. The predicted molar refractivity (Wildman–Crippen MR) is 25.3 cm³/mol. The average molecular weight is 234 g/mol. The van der Waals surface area contributed by atoms with Gasteiger partial charge in [0.2, 0.25) is 0 Å². The van der Waals surface area contributed by atoms with Gasteiger partial charge in [-0.05, 0) is 0 Å². The maximum Gasteiger partial charge on any atom is 1.00 e. The molecule has 0 amide bonds. The van der Waals surface area contributed by atoms with E-state index in [1.807, 2.05) is 0 Å². The van der Waals surface area contributed by atoms with Crippen molar-refractivity contribution in [2.75, 3.05) is 0 Å². The summed E-state index contributed by atoms with van der Waals surface area (Å²) in [5.41, 5.74) is 0. The standard InChI is InChI=1S/Li.H2O7S2.Ti.H/c;1-8(2,3)7-9(4,5)6;;/h;(H,1,2,3)(H,4,5,6);;/q+1;;;-1. The fraction of sp³-hybridized carbons (Fsp3) is 0. The second-order valence-electron chi connectivity index (χ2n) is 0.924. The van der Waals surface area contributed by atoms with Crippen LogP contribution in [0.3, 0.4) is 0 Å². The maximum absolute atomic E-state index is 9.44. The minimum absolute atomic E-state index is 0. The van der Waals surface area contributed by atoms with Gasteiger partial charge in [-0.2, -0.15) is 16.8 Å². The molecule has 62 valence electrons. The Hall–Kier alpha value is 1.09. The van der Waals surface area contributed by atoms with Crippen molar-refractivity contribution in [2.24, 2.45) is 0 Å². The van der Waals surface area contributed by atoms with Crippen LogP contribution in [0.5, 0.6) is 0 Å². The second-order valence-corrected chi connectivity index (χ2v) is 3.18. The topological polar surface area (TPSA) is 118 Å². The summed E-state index contributed by atoms with van der Waals surface area (Å²) in [6, 6.07) is 0. The van der Waals surface area contributed by atoms with E-state index in [4.69, 9.17) is 9.11 Å². The van der Waals surface area contributed by atoms with Gasteiger partial charge in [-0.1, -0.05) is 0 Å². The van der Waals surface area contributed by atoms with E-state index >= 15 is 0 Å². The molecule has 2 N–H and O–H groups in total. The first-order valence-corrected chi connectivity index (χ1v) is 4.10. The van der Waals surface area contributed by atoms with Crippen molar-refractivity contribution in [3.63, 3.8) is 0 Å². The summed E-state index contributed by atoms with van der Waals surface area (Å²) < 4.78 is 55.6. The molecule has 0 saturated heterocycles. The smallest absolute Gasteiger partial charge is 1.00 e. The summed E-state index contributed by atoms with van der Waals surface area (Å²) in [5, 5.41) is 0. The van der Waals surface area contributed by atoms with Crippen LogP contribution in [0.4, 0.5) is 0 Å². The molecule has 0 aliphatic carbocycles. The number of hydrogen-bond donors (Lipinski definition) is 2. The summed E-state index contributed by atoms with van der Waals surface area (Å²) in [6.45, 7) is 0. The number of rotatable bonds is 2. The van der Waals surface area contributed by atoms with E-state index in [2.05, 4.69) is 3.63 Å². The van der Waals surface area contributed by atoms with Crippen LogP contribution in [0.25, 0.3) is 0 Å². The van der Waals surface area contributed by atoms with Crippen LogP contribution < -0.4 is 18.9 Å². The molecule has 0 unspecified atom stereocenters. The summed E-state index contributed by atoms with van der Waals surface area (Å²) in [4.78, 5) is 0. The first kappa shape index (κ1) is 18.0. The Labute approximate surface area is 92.0 Å². The summed E-state index contributed by atoms with van der Waals surface area (Å²) in [6.07, 6.45) is 0. The van der Waals surface area contributed by atoms with Crippen molar-refractivity contribution < 1.29 is 71.6 Å². The summed E-state index contributed by atoms with van der Waals surface area (Å²) >= 11 is 0. The largest absolute Gasteiger partial charge is 1.00 e. The average Bonchev–Trinajstić information content (AvgIpc) is 1.14. The Morgan fingerprint density at radius 2 is 1.18 bits per heavy atom. The quantitative estimate of drug-likeness (QED) is 0.366. The first-order valence-electron chi connectivity index (χ1n) is 1.37. The van der Waals surface area contributed by atoms with Crippen molar-refractivity contribution >= 4 is 20.8 Å². The zero-order valence-corrected chi connectivity index (χ0v) is 8.45. The molecule has 7 nitrogen and oxygen atoms in total. The molecule has 0 spiro atoms. The van der Waals surface area contributed by atoms with Gasteiger partial charge in [0.15, 0.2) is 0 Å². The molecule has 11 heavy (non-hydrogen) atoms. The molecule has 0 heterocycles. The van der Waals surface area contributed by atoms with Crippen molar-refractivity contribution in [3.05, 3.63) is 0 Å². The molecule has 0 saturated carbocycles. The first-order chi connectivity index (χ1) is 3.71. The molecule has 0 radical (unpaired) electrons. The second kappa shape index (κ2) is 5.69. The van der Waals surface area contributed by atoms with Gasteiger partial charge in [0.1, 0.15) is 0 Å². The third-order valence-electron chi connectivity index (χ3n) is 0.172. The Bertz CT molecular complexity index is 247. The van der Waals surface area contributed by atoms with Gasteiger partial charge in [0, 0.05) is 21.7 Å². The Morgan fingerprint density at radius 3 is 1.18 bits per heavy atom. The summed E-state index contributed by atoms with van der Waals surface area (Å²) in [5.74, 6) is 0. The van der Waals surface area contributed by atoms with Crippen LogP contribution >= 0.6 is 0 Å². The van der Waals surface area contributed by atoms with Crippen LogP contribution in [0, 0.1) is 0 Å². The van der Waals surface area contributed by atoms with Crippen LogP contribution in [-0.4, -0.2) is 25.9 Å². The zero-order valence-electron chi connectivity index (χ0n) is 6.25. The zero-order chi connectivity index (χ0) is 7.71. The van der Waals surface area contributed by atoms with E-state index in [1.54, 1.807) is 0 Å².